The van der Waals surface area contributed by atoms with E-state index < -0.39 is 0 Å². The molecule has 3 rings (SSSR count). The molecule has 0 N–H and O–H groups in total. The first-order valence-corrected chi connectivity index (χ1v) is 9.60. The van der Waals surface area contributed by atoms with Crippen LogP contribution >= 0.6 is 23.4 Å². The second-order valence-electron chi connectivity index (χ2n) is 5.90. The number of rotatable bonds is 5. The summed E-state index contributed by atoms with van der Waals surface area (Å²) >= 11 is 7.28. The summed E-state index contributed by atoms with van der Waals surface area (Å²) in [6.07, 6.45) is 0. The smallest absolute Gasteiger partial charge is 0.277 e. The van der Waals surface area contributed by atoms with Gasteiger partial charge in [0.15, 0.2) is 0 Å². The van der Waals surface area contributed by atoms with Crippen molar-refractivity contribution < 1.29 is 9.21 Å². The van der Waals surface area contributed by atoms with Crippen LogP contribution in [0, 0.1) is 0 Å². The minimum absolute atomic E-state index is 0.114. The van der Waals surface area contributed by atoms with Crippen molar-refractivity contribution in [3.63, 3.8) is 0 Å². The number of hydrogen-bond acceptors (Lipinski definition) is 6. The minimum Gasteiger partial charge on any atom is -0.411 e. The second kappa shape index (κ2) is 8.21. The van der Waals surface area contributed by atoms with Crippen molar-refractivity contribution in [2.75, 3.05) is 32.7 Å². The fourth-order valence-corrected chi connectivity index (χ4v) is 3.70. The Morgan fingerprint density at radius 2 is 2.08 bits per heavy atom. The zero-order valence-electron chi connectivity index (χ0n) is 14.3. The minimum atomic E-state index is -0.263. The van der Waals surface area contributed by atoms with Gasteiger partial charge in [-0.05, 0) is 31.7 Å². The Morgan fingerprint density at radius 3 is 2.76 bits per heavy atom. The number of benzene rings is 1. The molecule has 8 heteroatoms. The predicted octanol–water partition coefficient (Wildman–Crippen LogP) is 3.03. The first kappa shape index (κ1) is 18.2. The van der Waals surface area contributed by atoms with Crippen LogP contribution in [0.4, 0.5) is 0 Å². The van der Waals surface area contributed by atoms with Crippen molar-refractivity contribution in [2.24, 2.45) is 0 Å². The number of carbonyl (C=O) groups is 1. The van der Waals surface area contributed by atoms with Crippen molar-refractivity contribution in [1.29, 1.82) is 0 Å². The monoisotopic (exact) mass is 380 g/mol. The molecule has 0 spiro atoms. The van der Waals surface area contributed by atoms with Crippen molar-refractivity contribution in [3.05, 3.63) is 29.3 Å². The van der Waals surface area contributed by atoms with E-state index in [4.69, 9.17) is 16.0 Å². The highest BCUT2D eigenvalue weighted by atomic mass is 35.5. The van der Waals surface area contributed by atoms with Gasteiger partial charge in [-0.1, -0.05) is 36.4 Å². The summed E-state index contributed by atoms with van der Waals surface area (Å²) in [4.78, 5) is 16.9. The largest absolute Gasteiger partial charge is 0.411 e. The summed E-state index contributed by atoms with van der Waals surface area (Å²) < 4.78 is 5.67. The molecular weight excluding hydrogens is 360 g/mol. The Balaban J connectivity index is 1.60. The van der Waals surface area contributed by atoms with Crippen molar-refractivity contribution in [2.45, 2.75) is 24.3 Å². The lowest BCUT2D eigenvalue weighted by atomic mass is 10.2. The number of thioether (sulfide) groups is 1. The second-order valence-corrected chi connectivity index (χ2v) is 7.63. The molecule has 25 heavy (non-hydrogen) atoms. The zero-order valence-corrected chi connectivity index (χ0v) is 15.9. The summed E-state index contributed by atoms with van der Waals surface area (Å²) in [6.45, 7) is 8.45. The van der Waals surface area contributed by atoms with Gasteiger partial charge in [-0.2, -0.15) is 0 Å². The van der Waals surface area contributed by atoms with E-state index in [1.54, 1.807) is 12.1 Å². The van der Waals surface area contributed by atoms with E-state index in [0.29, 0.717) is 16.1 Å². The van der Waals surface area contributed by atoms with E-state index >= 15 is 0 Å². The van der Waals surface area contributed by atoms with Crippen LogP contribution in [0.1, 0.15) is 13.8 Å². The molecular formula is C17H21ClN4O2S. The molecule has 1 fully saturated rings. The number of amides is 1. The van der Waals surface area contributed by atoms with Gasteiger partial charge in [0.2, 0.25) is 11.8 Å². The molecule has 2 aromatic rings. The third-order valence-corrected chi connectivity index (χ3v) is 5.39. The maximum atomic E-state index is 12.6. The van der Waals surface area contributed by atoms with E-state index in [2.05, 4.69) is 22.0 Å². The van der Waals surface area contributed by atoms with Crippen molar-refractivity contribution in [1.82, 2.24) is 20.0 Å². The lowest BCUT2D eigenvalue weighted by Gasteiger charge is -2.35. The lowest BCUT2D eigenvalue weighted by molar-refractivity contribution is -0.132. The fourth-order valence-electron chi connectivity index (χ4n) is 2.74. The van der Waals surface area contributed by atoms with Gasteiger partial charge >= 0.3 is 0 Å². The van der Waals surface area contributed by atoms with Gasteiger partial charge in [-0.3, -0.25) is 4.79 Å². The van der Waals surface area contributed by atoms with E-state index in [0.717, 1.165) is 38.3 Å². The summed E-state index contributed by atoms with van der Waals surface area (Å²) in [7, 11) is 0. The molecule has 1 aromatic heterocycles. The maximum Gasteiger partial charge on any atom is 0.277 e. The van der Waals surface area contributed by atoms with Crippen LogP contribution in [0.25, 0.3) is 11.5 Å². The third-order valence-electron chi connectivity index (χ3n) is 4.23. The van der Waals surface area contributed by atoms with Gasteiger partial charge < -0.3 is 14.2 Å². The predicted molar refractivity (Wildman–Crippen MR) is 98.8 cm³/mol. The number of piperazine rings is 1. The highest BCUT2D eigenvalue weighted by Gasteiger charge is 2.26. The van der Waals surface area contributed by atoms with Crippen LogP contribution in [-0.4, -0.2) is 63.9 Å². The Morgan fingerprint density at radius 1 is 1.32 bits per heavy atom. The molecule has 6 nitrogen and oxygen atoms in total. The van der Waals surface area contributed by atoms with Crippen molar-refractivity contribution >= 4 is 29.3 Å². The molecule has 1 aliphatic heterocycles. The van der Waals surface area contributed by atoms with Crippen LogP contribution in [0.5, 0.6) is 0 Å². The van der Waals surface area contributed by atoms with Crippen LogP contribution in [0.2, 0.25) is 5.02 Å². The molecule has 0 radical (unpaired) electrons. The molecule has 1 atom stereocenters. The van der Waals surface area contributed by atoms with Gasteiger partial charge in [-0.15, -0.1) is 10.2 Å². The number of aromatic nitrogens is 2. The quantitative estimate of drug-likeness (QED) is 0.743. The van der Waals surface area contributed by atoms with Crippen LogP contribution < -0.4 is 0 Å². The van der Waals surface area contributed by atoms with E-state index in [9.17, 15) is 4.79 Å². The summed E-state index contributed by atoms with van der Waals surface area (Å²) in [5, 5.41) is 8.82. The number of nitrogens with zero attached hydrogens (tertiary/aromatic N) is 4. The normalized spacial score (nSPS) is 16.8. The first-order valence-electron chi connectivity index (χ1n) is 8.34. The number of carbonyl (C=O) groups excluding carboxylic acids is 1. The Hall–Kier alpha value is -1.57. The molecule has 0 saturated carbocycles. The third kappa shape index (κ3) is 4.54. The molecule has 1 aromatic carbocycles. The number of hydrogen-bond donors (Lipinski definition) is 0. The van der Waals surface area contributed by atoms with Gasteiger partial charge in [0.25, 0.3) is 5.22 Å². The van der Waals surface area contributed by atoms with Gasteiger partial charge in [-0.25, -0.2) is 0 Å². The van der Waals surface area contributed by atoms with Gasteiger partial charge in [0, 0.05) is 36.8 Å². The maximum absolute atomic E-state index is 12.6. The van der Waals surface area contributed by atoms with E-state index in [1.807, 2.05) is 24.0 Å². The summed E-state index contributed by atoms with van der Waals surface area (Å²) in [5.74, 6) is 0.518. The topological polar surface area (TPSA) is 62.5 Å². The summed E-state index contributed by atoms with van der Waals surface area (Å²) in [5.41, 5.74) is 0.765. The number of likely N-dealkylation sites (N-methyl/N-ethyl adjacent to an activating group) is 1. The van der Waals surface area contributed by atoms with Crippen LogP contribution in [0.15, 0.2) is 33.9 Å². The molecule has 1 saturated heterocycles. The molecule has 134 valence electrons. The van der Waals surface area contributed by atoms with Gasteiger partial charge in [0.05, 0.1) is 5.25 Å². The first-order chi connectivity index (χ1) is 12.1. The average molecular weight is 381 g/mol. The van der Waals surface area contributed by atoms with Crippen LogP contribution in [0.3, 0.4) is 0 Å². The average Bonchev–Trinajstić information content (AvgIpc) is 3.09. The Bertz CT molecular complexity index is 731. The molecule has 0 bridgehead atoms. The van der Waals surface area contributed by atoms with Crippen LogP contribution in [-0.2, 0) is 4.79 Å². The number of halogens is 1. The van der Waals surface area contributed by atoms with E-state index in [1.165, 1.54) is 11.8 Å². The Kier molecular flexibility index (Phi) is 5.98. The lowest BCUT2D eigenvalue weighted by Crippen LogP contribution is -2.50. The molecule has 2 heterocycles. The zero-order chi connectivity index (χ0) is 17.8. The van der Waals surface area contributed by atoms with Crippen molar-refractivity contribution in [3.8, 4) is 11.5 Å². The molecule has 1 unspecified atom stereocenters. The SMILES string of the molecule is CCN1CCN(C(=O)C(C)Sc2nnc(-c3cccc(Cl)c3)o2)CC1. The standard InChI is InChI=1S/C17H21ClN4O2S/c1-3-21-7-9-22(10-8-21)16(23)12(2)25-17-20-19-15(24-17)13-5-4-6-14(18)11-13/h4-6,11-12H,3,7-10H2,1-2H3. The highest BCUT2D eigenvalue weighted by Crippen LogP contribution is 2.28. The van der Waals surface area contributed by atoms with E-state index in [-0.39, 0.29) is 11.2 Å². The molecule has 1 amide bonds. The Labute approximate surface area is 156 Å². The highest BCUT2D eigenvalue weighted by molar-refractivity contribution is 8.00. The fraction of sp³-hybridized carbons (Fsp3) is 0.471. The summed E-state index contributed by atoms with van der Waals surface area (Å²) in [6, 6.07) is 7.24. The molecule has 0 aliphatic carbocycles. The molecule has 1 aliphatic rings. The van der Waals surface area contributed by atoms with Gasteiger partial charge in [0.1, 0.15) is 0 Å².